The van der Waals surface area contributed by atoms with Crippen molar-refractivity contribution in [3.63, 3.8) is 0 Å². The van der Waals surface area contributed by atoms with Crippen LogP contribution in [0.3, 0.4) is 0 Å². The number of anilines is 1. The minimum atomic E-state index is -0.137. The number of carbonyl (C=O) groups is 1. The summed E-state index contributed by atoms with van der Waals surface area (Å²) in [5.74, 6) is 1.15. The monoisotopic (exact) mass is 360 g/mol. The van der Waals surface area contributed by atoms with Crippen molar-refractivity contribution in [2.45, 2.75) is 45.6 Å². The number of aromatic nitrogens is 3. The minimum absolute atomic E-state index is 0.0867. The van der Waals surface area contributed by atoms with E-state index in [-0.39, 0.29) is 18.6 Å². The number of aromatic amines is 1. The minimum Gasteiger partial charge on any atom is -0.368 e. The van der Waals surface area contributed by atoms with E-state index < -0.39 is 0 Å². The summed E-state index contributed by atoms with van der Waals surface area (Å²) >= 11 is 5.25. The number of benzene rings is 1. The zero-order valence-electron chi connectivity index (χ0n) is 14.6. The van der Waals surface area contributed by atoms with E-state index in [0.717, 1.165) is 17.9 Å². The van der Waals surface area contributed by atoms with Crippen molar-refractivity contribution in [1.29, 1.82) is 0 Å². The van der Waals surface area contributed by atoms with E-state index in [1.165, 1.54) is 19.3 Å². The SMILES string of the molecule is Cc1n[nH]c(=S)n1-c1cccc(NC(=O)CO[C@H]2CCCC[C@@H]2C)c1. The molecule has 134 valence electrons. The van der Waals surface area contributed by atoms with E-state index >= 15 is 0 Å². The highest BCUT2D eigenvalue weighted by Gasteiger charge is 2.22. The van der Waals surface area contributed by atoms with E-state index in [0.29, 0.717) is 16.4 Å². The maximum atomic E-state index is 12.2. The van der Waals surface area contributed by atoms with Crippen LogP contribution in [-0.2, 0) is 9.53 Å². The molecule has 1 aliphatic rings. The Morgan fingerprint density at radius 2 is 2.24 bits per heavy atom. The molecule has 1 saturated carbocycles. The van der Waals surface area contributed by atoms with Crippen LogP contribution in [0.4, 0.5) is 5.69 Å². The van der Waals surface area contributed by atoms with Gasteiger partial charge in [-0.25, -0.2) is 0 Å². The second-order valence-electron chi connectivity index (χ2n) is 6.62. The lowest BCUT2D eigenvalue weighted by molar-refractivity contribution is -0.124. The van der Waals surface area contributed by atoms with Crippen LogP contribution in [-0.4, -0.2) is 33.4 Å². The highest BCUT2D eigenvalue weighted by atomic mass is 32.1. The number of carbonyl (C=O) groups excluding carboxylic acids is 1. The number of rotatable bonds is 5. The summed E-state index contributed by atoms with van der Waals surface area (Å²) in [7, 11) is 0. The van der Waals surface area contributed by atoms with Gasteiger partial charge in [0, 0.05) is 5.69 Å². The Morgan fingerprint density at radius 1 is 1.44 bits per heavy atom. The molecule has 1 aliphatic carbocycles. The highest BCUT2D eigenvalue weighted by Crippen LogP contribution is 2.26. The molecule has 2 aromatic rings. The first kappa shape index (κ1) is 17.8. The van der Waals surface area contributed by atoms with E-state index in [2.05, 4.69) is 22.4 Å². The van der Waals surface area contributed by atoms with Crippen LogP contribution in [0.5, 0.6) is 0 Å². The van der Waals surface area contributed by atoms with E-state index in [9.17, 15) is 4.79 Å². The first-order valence-corrected chi connectivity index (χ1v) is 9.11. The van der Waals surface area contributed by atoms with Gasteiger partial charge in [0.2, 0.25) is 5.91 Å². The predicted molar refractivity (Wildman–Crippen MR) is 99.5 cm³/mol. The molecule has 0 radical (unpaired) electrons. The molecule has 2 N–H and O–H groups in total. The van der Waals surface area contributed by atoms with Crippen LogP contribution in [0.1, 0.15) is 38.4 Å². The van der Waals surface area contributed by atoms with Gasteiger partial charge in [0.1, 0.15) is 12.4 Å². The molecule has 2 atom stereocenters. The molecule has 1 heterocycles. The summed E-state index contributed by atoms with van der Waals surface area (Å²) in [4.78, 5) is 12.2. The first-order chi connectivity index (χ1) is 12.0. The molecule has 1 aromatic carbocycles. The molecular weight excluding hydrogens is 336 g/mol. The summed E-state index contributed by atoms with van der Waals surface area (Å²) < 4.78 is 8.17. The topological polar surface area (TPSA) is 71.9 Å². The van der Waals surface area contributed by atoms with Crippen LogP contribution in [0, 0.1) is 17.6 Å². The maximum Gasteiger partial charge on any atom is 0.250 e. The molecule has 6 nitrogen and oxygen atoms in total. The Bertz CT molecular complexity index is 798. The molecule has 1 amide bonds. The van der Waals surface area contributed by atoms with Gasteiger partial charge in [-0.1, -0.05) is 25.8 Å². The van der Waals surface area contributed by atoms with E-state index in [1.54, 1.807) is 0 Å². The second kappa shape index (κ2) is 7.93. The standard InChI is InChI=1S/C18H24N4O2S/c1-12-6-3-4-9-16(12)24-11-17(23)19-14-7-5-8-15(10-14)22-13(2)20-21-18(22)25/h5,7-8,10,12,16H,3-4,6,9,11H2,1-2H3,(H,19,23)(H,21,25)/t12-,16-/m0/s1. The third-order valence-corrected chi connectivity index (χ3v) is 4.96. The summed E-state index contributed by atoms with van der Waals surface area (Å²) in [5.41, 5.74) is 1.57. The first-order valence-electron chi connectivity index (χ1n) is 8.70. The number of ether oxygens (including phenoxy) is 1. The Labute approximate surface area is 152 Å². The van der Waals surface area contributed by atoms with Gasteiger partial charge in [-0.3, -0.25) is 14.5 Å². The van der Waals surface area contributed by atoms with Crippen LogP contribution in [0.25, 0.3) is 5.69 Å². The predicted octanol–water partition coefficient (Wildman–Crippen LogP) is 3.77. The number of H-pyrrole nitrogens is 1. The van der Waals surface area contributed by atoms with Gasteiger partial charge in [0.15, 0.2) is 4.77 Å². The molecule has 1 fully saturated rings. The Morgan fingerprint density at radius 3 is 2.96 bits per heavy atom. The van der Waals surface area contributed by atoms with Crippen LogP contribution < -0.4 is 5.32 Å². The number of nitrogens with one attached hydrogen (secondary N) is 2. The average Bonchev–Trinajstić information content (AvgIpc) is 2.93. The average molecular weight is 360 g/mol. The molecule has 0 spiro atoms. The Balaban J connectivity index is 1.62. The van der Waals surface area contributed by atoms with E-state index in [1.807, 2.05) is 35.8 Å². The summed E-state index contributed by atoms with van der Waals surface area (Å²) in [5, 5.41) is 9.77. The fraction of sp³-hybridized carbons (Fsp3) is 0.500. The van der Waals surface area contributed by atoms with Crippen molar-refractivity contribution in [3.8, 4) is 5.69 Å². The molecule has 7 heteroatoms. The molecule has 25 heavy (non-hydrogen) atoms. The summed E-state index contributed by atoms with van der Waals surface area (Å²) in [6.07, 6.45) is 4.86. The molecule has 0 unspecified atom stereocenters. The molecule has 0 aliphatic heterocycles. The van der Waals surface area contributed by atoms with Gasteiger partial charge < -0.3 is 10.1 Å². The lowest BCUT2D eigenvalue weighted by Crippen LogP contribution is -2.29. The van der Waals surface area contributed by atoms with Crippen molar-refractivity contribution in [2.24, 2.45) is 5.92 Å². The van der Waals surface area contributed by atoms with Crippen molar-refractivity contribution in [2.75, 3.05) is 11.9 Å². The lowest BCUT2D eigenvalue weighted by atomic mass is 9.88. The van der Waals surface area contributed by atoms with E-state index in [4.69, 9.17) is 17.0 Å². The zero-order valence-corrected chi connectivity index (χ0v) is 15.4. The Kier molecular flexibility index (Phi) is 5.65. The van der Waals surface area contributed by atoms with Gasteiger partial charge in [-0.05, 0) is 56.1 Å². The molecule has 0 bridgehead atoms. The third kappa shape index (κ3) is 4.35. The Hall–Kier alpha value is -1.99. The van der Waals surface area contributed by atoms with Crippen LogP contribution in [0.2, 0.25) is 0 Å². The van der Waals surface area contributed by atoms with Crippen LogP contribution >= 0.6 is 12.2 Å². The number of nitrogens with zero attached hydrogens (tertiary/aromatic N) is 2. The van der Waals surface area contributed by atoms with Crippen LogP contribution in [0.15, 0.2) is 24.3 Å². The van der Waals surface area contributed by atoms with Gasteiger partial charge in [-0.2, -0.15) is 5.10 Å². The number of hydrogen-bond donors (Lipinski definition) is 2. The van der Waals surface area contributed by atoms with Crippen molar-refractivity contribution in [1.82, 2.24) is 14.8 Å². The van der Waals surface area contributed by atoms with Crippen molar-refractivity contribution in [3.05, 3.63) is 34.9 Å². The van der Waals surface area contributed by atoms with Gasteiger partial charge in [-0.15, -0.1) is 0 Å². The molecule has 0 saturated heterocycles. The highest BCUT2D eigenvalue weighted by molar-refractivity contribution is 7.71. The fourth-order valence-corrected chi connectivity index (χ4v) is 3.60. The second-order valence-corrected chi connectivity index (χ2v) is 7.01. The third-order valence-electron chi connectivity index (χ3n) is 4.69. The van der Waals surface area contributed by atoms with Gasteiger partial charge in [0.25, 0.3) is 0 Å². The van der Waals surface area contributed by atoms with Crippen molar-refractivity contribution < 1.29 is 9.53 Å². The zero-order chi connectivity index (χ0) is 17.8. The number of amides is 1. The quantitative estimate of drug-likeness (QED) is 0.796. The van der Waals surface area contributed by atoms with Gasteiger partial charge >= 0.3 is 0 Å². The smallest absolute Gasteiger partial charge is 0.250 e. The molecule has 3 rings (SSSR count). The maximum absolute atomic E-state index is 12.2. The van der Waals surface area contributed by atoms with Crippen molar-refractivity contribution >= 4 is 23.8 Å². The number of hydrogen-bond acceptors (Lipinski definition) is 4. The van der Waals surface area contributed by atoms with Gasteiger partial charge in [0.05, 0.1) is 11.8 Å². The largest absolute Gasteiger partial charge is 0.368 e. The summed E-state index contributed by atoms with van der Waals surface area (Å²) in [6.45, 7) is 4.15. The number of aryl methyl sites for hydroxylation is 1. The molecule has 1 aromatic heterocycles. The summed E-state index contributed by atoms with van der Waals surface area (Å²) in [6, 6.07) is 7.53. The normalized spacial score (nSPS) is 20.4. The molecular formula is C18H24N4O2S. The fourth-order valence-electron chi connectivity index (χ4n) is 3.31. The lowest BCUT2D eigenvalue weighted by Gasteiger charge is -2.28.